The topological polar surface area (TPSA) is 64.3 Å². The normalized spacial score (nSPS) is 18.7. The zero-order valence-electron chi connectivity index (χ0n) is 11.4. The standard InChI is InChI=1S/C13H22N4O/c1-4-13(2)5-7-17(8-6-13)10-9-11(18-3)16-12(14)15-10/h9H,4-8H2,1-3H3,(H2,14,15,16). The first-order valence-corrected chi connectivity index (χ1v) is 6.50. The molecule has 0 bridgehead atoms. The Hall–Kier alpha value is -1.52. The Morgan fingerprint density at radius 3 is 2.61 bits per heavy atom. The zero-order valence-corrected chi connectivity index (χ0v) is 11.4. The maximum absolute atomic E-state index is 5.69. The molecule has 0 atom stereocenters. The van der Waals surface area contributed by atoms with E-state index in [2.05, 4.69) is 28.7 Å². The summed E-state index contributed by atoms with van der Waals surface area (Å²) >= 11 is 0. The molecule has 18 heavy (non-hydrogen) atoms. The van der Waals surface area contributed by atoms with Crippen LogP contribution in [0.4, 0.5) is 11.8 Å². The molecule has 5 nitrogen and oxygen atoms in total. The van der Waals surface area contributed by atoms with Crippen LogP contribution in [0.1, 0.15) is 33.1 Å². The predicted molar refractivity (Wildman–Crippen MR) is 72.8 cm³/mol. The van der Waals surface area contributed by atoms with E-state index in [1.165, 1.54) is 19.3 Å². The van der Waals surface area contributed by atoms with Gasteiger partial charge >= 0.3 is 0 Å². The van der Waals surface area contributed by atoms with Gasteiger partial charge in [0.05, 0.1) is 7.11 Å². The lowest BCUT2D eigenvalue weighted by Gasteiger charge is -2.39. The van der Waals surface area contributed by atoms with Crippen molar-refractivity contribution in [2.45, 2.75) is 33.1 Å². The summed E-state index contributed by atoms with van der Waals surface area (Å²) in [5.74, 6) is 1.67. The molecule has 0 unspecified atom stereocenters. The van der Waals surface area contributed by atoms with Gasteiger partial charge in [0.2, 0.25) is 11.8 Å². The molecular weight excluding hydrogens is 228 g/mol. The van der Waals surface area contributed by atoms with Gasteiger partial charge < -0.3 is 15.4 Å². The van der Waals surface area contributed by atoms with Crippen LogP contribution in [0.5, 0.6) is 5.88 Å². The number of methoxy groups -OCH3 is 1. The summed E-state index contributed by atoms with van der Waals surface area (Å²) in [5, 5.41) is 0. The van der Waals surface area contributed by atoms with E-state index in [0.29, 0.717) is 11.3 Å². The molecule has 1 aromatic heterocycles. The van der Waals surface area contributed by atoms with Crippen molar-refractivity contribution in [3.05, 3.63) is 6.07 Å². The Morgan fingerprint density at radius 1 is 1.39 bits per heavy atom. The first kappa shape index (κ1) is 12.9. The lowest BCUT2D eigenvalue weighted by Crippen LogP contribution is -2.38. The summed E-state index contributed by atoms with van der Waals surface area (Å²) in [5.41, 5.74) is 6.16. The highest BCUT2D eigenvalue weighted by Crippen LogP contribution is 2.35. The van der Waals surface area contributed by atoms with Gasteiger partial charge in [0.1, 0.15) is 5.82 Å². The van der Waals surface area contributed by atoms with Gasteiger partial charge in [-0.15, -0.1) is 0 Å². The van der Waals surface area contributed by atoms with Gasteiger partial charge in [0, 0.05) is 19.2 Å². The van der Waals surface area contributed by atoms with Crippen LogP contribution in [0.15, 0.2) is 6.07 Å². The maximum Gasteiger partial charge on any atom is 0.225 e. The van der Waals surface area contributed by atoms with Crippen molar-refractivity contribution in [1.29, 1.82) is 0 Å². The van der Waals surface area contributed by atoms with Crippen molar-refractivity contribution in [3.63, 3.8) is 0 Å². The van der Waals surface area contributed by atoms with E-state index in [1.807, 2.05) is 6.07 Å². The SMILES string of the molecule is CCC1(C)CCN(c2cc(OC)nc(N)n2)CC1. The third-order valence-corrected chi connectivity index (χ3v) is 4.06. The lowest BCUT2D eigenvalue weighted by molar-refractivity contribution is 0.237. The fraction of sp³-hybridized carbons (Fsp3) is 0.692. The molecule has 0 radical (unpaired) electrons. The molecule has 0 saturated carbocycles. The van der Waals surface area contributed by atoms with Crippen molar-refractivity contribution >= 4 is 11.8 Å². The molecule has 1 aliphatic rings. The number of hydrogen-bond acceptors (Lipinski definition) is 5. The smallest absolute Gasteiger partial charge is 0.225 e. The highest BCUT2D eigenvalue weighted by Gasteiger charge is 2.29. The monoisotopic (exact) mass is 250 g/mol. The van der Waals surface area contributed by atoms with E-state index >= 15 is 0 Å². The van der Waals surface area contributed by atoms with Crippen LogP contribution in [0.3, 0.4) is 0 Å². The van der Waals surface area contributed by atoms with Crippen LogP contribution < -0.4 is 15.4 Å². The molecule has 100 valence electrons. The Morgan fingerprint density at radius 2 is 2.06 bits per heavy atom. The number of rotatable bonds is 3. The van der Waals surface area contributed by atoms with E-state index in [1.54, 1.807) is 7.11 Å². The lowest BCUT2D eigenvalue weighted by atomic mass is 9.78. The quantitative estimate of drug-likeness (QED) is 0.889. The average molecular weight is 250 g/mol. The van der Waals surface area contributed by atoms with Crippen LogP contribution in [0, 0.1) is 5.41 Å². The second kappa shape index (κ2) is 5.00. The number of anilines is 2. The Kier molecular flexibility index (Phi) is 3.59. The number of hydrogen-bond donors (Lipinski definition) is 1. The predicted octanol–water partition coefficient (Wildman–Crippen LogP) is 2.08. The second-order valence-electron chi connectivity index (χ2n) is 5.28. The van der Waals surface area contributed by atoms with Crippen molar-refractivity contribution in [1.82, 2.24) is 9.97 Å². The molecule has 0 aliphatic carbocycles. The molecule has 1 saturated heterocycles. The highest BCUT2D eigenvalue weighted by molar-refractivity contribution is 5.45. The summed E-state index contributed by atoms with van der Waals surface area (Å²) in [7, 11) is 1.59. The molecule has 2 N–H and O–H groups in total. The number of piperidine rings is 1. The minimum absolute atomic E-state index is 0.271. The number of nitrogen functional groups attached to an aromatic ring is 1. The summed E-state index contributed by atoms with van der Waals surface area (Å²) in [4.78, 5) is 10.6. The van der Waals surface area contributed by atoms with E-state index in [0.717, 1.165) is 18.9 Å². The average Bonchev–Trinajstić information content (AvgIpc) is 2.39. The van der Waals surface area contributed by atoms with Crippen molar-refractivity contribution in [2.24, 2.45) is 5.41 Å². The van der Waals surface area contributed by atoms with Crippen molar-refractivity contribution in [2.75, 3.05) is 30.8 Å². The fourth-order valence-corrected chi connectivity index (χ4v) is 2.33. The third-order valence-electron chi connectivity index (χ3n) is 4.06. The first-order valence-electron chi connectivity index (χ1n) is 6.50. The molecule has 0 amide bonds. The van der Waals surface area contributed by atoms with Crippen LogP contribution in [-0.4, -0.2) is 30.2 Å². The fourth-order valence-electron chi connectivity index (χ4n) is 2.33. The van der Waals surface area contributed by atoms with Crippen LogP contribution in [0.2, 0.25) is 0 Å². The molecule has 1 aromatic rings. The summed E-state index contributed by atoms with van der Waals surface area (Å²) in [6.07, 6.45) is 3.61. The van der Waals surface area contributed by atoms with Gasteiger partial charge in [0.25, 0.3) is 0 Å². The molecule has 0 spiro atoms. The van der Waals surface area contributed by atoms with E-state index in [-0.39, 0.29) is 5.95 Å². The minimum Gasteiger partial charge on any atom is -0.481 e. The van der Waals surface area contributed by atoms with Gasteiger partial charge in [-0.3, -0.25) is 0 Å². The summed E-state index contributed by atoms with van der Waals surface area (Å²) < 4.78 is 5.13. The molecular formula is C13H22N4O. The Bertz CT molecular complexity index is 413. The summed E-state index contributed by atoms with van der Waals surface area (Å²) in [6.45, 7) is 6.66. The zero-order chi connectivity index (χ0) is 13.2. The summed E-state index contributed by atoms with van der Waals surface area (Å²) in [6, 6.07) is 1.85. The van der Waals surface area contributed by atoms with E-state index in [9.17, 15) is 0 Å². The van der Waals surface area contributed by atoms with E-state index < -0.39 is 0 Å². The first-order chi connectivity index (χ1) is 8.56. The second-order valence-corrected chi connectivity index (χ2v) is 5.28. The van der Waals surface area contributed by atoms with E-state index in [4.69, 9.17) is 10.5 Å². The van der Waals surface area contributed by atoms with Gasteiger partial charge in [0.15, 0.2) is 0 Å². The van der Waals surface area contributed by atoms with Gasteiger partial charge in [-0.1, -0.05) is 20.3 Å². The van der Waals surface area contributed by atoms with Crippen LogP contribution in [-0.2, 0) is 0 Å². The number of ether oxygens (including phenoxy) is 1. The van der Waals surface area contributed by atoms with Gasteiger partial charge in [-0.2, -0.15) is 9.97 Å². The van der Waals surface area contributed by atoms with Gasteiger partial charge in [-0.25, -0.2) is 0 Å². The molecule has 1 aliphatic heterocycles. The van der Waals surface area contributed by atoms with Crippen LogP contribution in [0.25, 0.3) is 0 Å². The third kappa shape index (κ3) is 2.66. The van der Waals surface area contributed by atoms with Crippen molar-refractivity contribution in [3.8, 4) is 5.88 Å². The molecule has 5 heteroatoms. The van der Waals surface area contributed by atoms with Crippen molar-refractivity contribution < 1.29 is 4.74 Å². The Balaban J connectivity index is 2.12. The molecule has 1 fully saturated rings. The number of nitrogens with zero attached hydrogens (tertiary/aromatic N) is 3. The molecule has 0 aromatic carbocycles. The number of aromatic nitrogens is 2. The number of nitrogens with two attached hydrogens (primary N) is 1. The van der Waals surface area contributed by atoms with Crippen LogP contribution >= 0.6 is 0 Å². The maximum atomic E-state index is 5.69. The molecule has 2 rings (SSSR count). The molecule has 2 heterocycles. The minimum atomic E-state index is 0.271. The van der Waals surface area contributed by atoms with Gasteiger partial charge in [-0.05, 0) is 18.3 Å². The largest absolute Gasteiger partial charge is 0.481 e. The highest BCUT2D eigenvalue weighted by atomic mass is 16.5. The Labute approximate surface area is 108 Å².